The Labute approximate surface area is 270 Å². The van der Waals surface area contributed by atoms with Crippen LogP contribution >= 0.6 is 0 Å². The molecule has 0 bridgehead atoms. The number of nitrogens with one attached hydrogen (secondary N) is 2. The van der Waals surface area contributed by atoms with Gasteiger partial charge in [0.25, 0.3) is 0 Å². The smallest absolute Gasteiger partial charge is 0.248 e. The number of likely N-dealkylation sites (N-methyl/N-ethyl adjacent to an activating group) is 1. The molecular formula is C36H43N9O. The molecule has 0 unspecified atom stereocenters. The summed E-state index contributed by atoms with van der Waals surface area (Å²) in [6, 6.07) is 20.9. The van der Waals surface area contributed by atoms with Gasteiger partial charge in [0.05, 0.1) is 6.20 Å². The summed E-state index contributed by atoms with van der Waals surface area (Å²) in [7, 11) is 3.94. The summed E-state index contributed by atoms with van der Waals surface area (Å²) in [5, 5.41) is 13.4. The van der Waals surface area contributed by atoms with Crippen LogP contribution in [0.4, 0.5) is 17.6 Å². The topological polar surface area (TPSA) is 117 Å². The number of anilines is 3. The molecule has 0 spiro atoms. The van der Waals surface area contributed by atoms with Crippen molar-refractivity contribution in [3.63, 3.8) is 0 Å². The van der Waals surface area contributed by atoms with Crippen LogP contribution in [0.5, 0.6) is 0 Å². The Kier molecular flexibility index (Phi) is 9.28. The first kappa shape index (κ1) is 31.2. The van der Waals surface area contributed by atoms with Crippen molar-refractivity contribution in [2.24, 2.45) is 5.73 Å². The van der Waals surface area contributed by atoms with E-state index in [1.54, 1.807) is 6.08 Å². The molecule has 46 heavy (non-hydrogen) atoms. The number of carbonyl (C=O) groups is 1. The summed E-state index contributed by atoms with van der Waals surface area (Å²) >= 11 is 0. The fraction of sp³-hybridized carbons (Fsp3) is 0.333. The van der Waals surface area contributed by atoms with Crippen LogP contribution < -0.4 is 21.3 Å². The Morgan fingerprint density at radius 2 is 1.74 bits per heavy atom. The third kappa shape index (κ3) is 6.73. The van der Waals surface area contributed by atoms with Crippen molar-refractivity contribution in [2.45, 2.75) is 45.2 Å². The van der Waals surface area contributed by atoms with Crippen LogP contribution in [-0.4, -0.2) is 70.2 Å². The van der Waals surface area contributed by atoms with Gasteiger partial charge < -0.3 is 26.2 Å². The van der Waals surface area contributed by atoms with E-state index in [0.717, 1.165) is 70.3 Å². The van der Waals surface area contributed by atoms with E-state index in [9.17, 15) is 4.79 Å². The van der Waals surface area contributed by atoms with Gasteiger partial charge >= 0.3 is 0 Å². The van der Waals surface area contributed by atoms with E-state index in [1.165, 1.54) is 0 Å². The van der Waals surface area contributed by atoms with Crippen molar-refractivity contribution >= 4 is 39.9 Å². The van der Waals surface area contributed by atoms with Gasteiger partial charge in [0.15, 0.2) is 5.65 Å². The average molecular weight is 618 g/mol. The van der Waals surface area contributed by atoms with Gasteiger partial charge in [-0.3, -0.25) is 4.79 Å². The molecule has 0 saturated carbocycles. The van der Waals surface area contributed by atoms with Crippen LogP contribution in [0, 0.1) is 0 Å². The number of amides is 1. The van der Waals surface area contributed by atoms with Crippen molar-refractivity contribution in [2.75, 3.05) is 49.3 Å². The van der Waals surface area contributed by atoms with Crippen LogP contribution in [0.1, 0.15) is 43.7 Å². The third-order valence-electron chi connectivity index (χ3n) is 8.49. The minimum atomic E-state index is -0.147. The maximum Gasteiger partial charge on any atom is 0.248 e. The predicted octanol–water partition coefficient (Wildman–Crippen LogP) is 5.66. The molecule has 238 valence electrons. The first-order valence-electron chi connectivity index (χ1n) is 16.0. The second-order valence-electron chi connectivity index (χ2n) is 12.5. The van der Waals surface area contributed by atoms with Crippen molar-refractivity contribution in [3.05, 3.63) is 90.1 Å². The molecule has 10 nitrogen and oxygen atoms in total. The van der Waals surface area contributed by atoms with Gasteiger partial charge in [-0.05, 0) is 61.0 Å². The molecule has 2 aromatic heterocycles. The second-order valence-corrected chi connectivity index (χ2v) is 12.5. The highest BCUT2D eigenvalue weighted by Crippen LogP contribution is 2.35. The van der Waals surface area contributed by atoms with E-state index in [1.807, 2.05) is 54.0 Å². The molecule has 1 saturated heterocycles. The highest BCUT2D eigenvalue weighted by molar-refractivity contribution is 6.09. The quantitative estimate of drug-likeness (QED) is 0.172. The Bertz CT molecular complexity index is 1870. The summed E-state index contributed by atoms with van der Waals surface area (Å²) in [4.78, 5) is 26.9. The number of fused-ring (bicyclic) bond motifs is 2. The highest BCUT2D eigenvalue weighted by atomic mass is 16.1. The van der Waals surface area contributed by atoms with Gasteiger partial charge in [-0.25, -0.2) is 0 Å². The zero-order chi connectivity index (χ0) is 32.2. The lowest BCUT2D eigenvalue weighted by Crippen LogP contribution is -2.40. The summed E-state index contributed by atoms with van der Waals surface area (Å²) in [5.74, 6) is 1.49. The van der Waals surface area contributed by atoms with Crippen molar-refractivity contribution < 1.29 is 4.79 Å². The van der Waals surface area contributed by atoms with E-state index < -0.39 is 0 Å². The molecule has 0 radical (unpaired) electrons. The van der Waals surface area contributed by atoms with Gasteiger partial charge in [0, 0.05) is 54.9 Å². The maximum atomic E-state index is 12.7. The number of nitrogens with zero attached hydrogens (tertiary/aromatic N) is 6. The molecule has 10 heteroatoms. The second kappa shape index (κ2) is 13.7. The molecule has 0 atom stereocenters. The molecule has 0 aliphatic carbocycles. The van der Waals surface area contributed by atoms with Gasteiger partial charge in [-0.2, -0.15) is 19.6 Å². The largest absolute Gasteiger partial charge is 0.350 e. The molecule has 3 heterocycles. The summed E-state index contributed by atoms with van der Waals surface area (Å²) in [6.07, 6.45) is 7.19. The molecule has 1 fully saturated rings. The average Bonchev–Trinajstić information content (AvgIpc) is 3.49. The van der Waals surface area contributed by atoms with Crippen LogP contribution in [0.3, 0.4) is 0 Å². The number of piperidine rings is 1. The van der Waals surface area contributed by atoms with Gasteiger partial charge in [0.2, 0.25) is 17.8 Å². The van der Waals surface area contributed by atoms with Crippen LogP contribution in [0.2, 0.25) is 0 Å². The summed E-state index contributed by atoms with van der Waals surface area (Å²) < 4.78 is 1.82. The van der Waals surface area contributed by atoms with E-state index >= 15 is 0 Å². The van der Waals surface area contributed by atoms with Gasteiger partial charge in [-0.15, -0.1) is 0 Å². The number of hydrogen-bond acceptors (Lipinski definition) is 8. The van der Waals surface area contributed by atoms with Gasteiger partial charge in [-0.1, -0.05) is 74.5 Å². The monoisotopic (exact) mass is 617 g/mol. The van der Waals surface area contributed by atoms with E-state index in [0.29, 0.717) is 25.0 Å². The number of aromatic nitrogens is 4. The van der Waals surface area contributed by atoms with E-state index in [2.05, 4.69) is 76.9 Å². The number of hydrogen-bond donors (Lipinski definition) is 3. The van der Waals surface area contributed by atoms with E-state index in [4.69, 9.17) is 15.7 Å². The molecule has 1 aliphatic rings. The molecule has 5 aromatic rings. The predicted molar refractivity (Wildman–Crippen MR) is 187 cm³/mol. The lowest BCUT2D eigenvalue weighted by Gasteiger charge is -2.30. The molecule has 6 rings (SSSR count). The molecular weight excluding hydrogens is 574 g/mol. The Hall–Kier alpha value is -4.80. The highest BCUT2D eigenvalue weighted by Gasteiger charge is 2.22. The lowest BCUT2D eigenvalue weighted by atomic mass is 9.94. The fourth-order valence-corrected chi connectivity index (χ4v) is 5.96. The molecule has 4 N–H and O–H groups in total. The molecule has 1 amide bonds. The Morgan fingerprint density at radius 1 is 1.00 bits per heavy atom. The molecule has 3 aromatic carbocycles. The first-order chi connectivity index (χ1) is 22.3. The number of rotatable bonds is 10. The maximum absolute atomic E-state index is 12.7. The zero-order valence-corrected chi connectivity index (χ0v) is 27.1. The van der Waals surface area contributed by atoms with Crippen LogP contribution in [0.25, 0.3) is 27.5 Å². The lowest BCUT2D eigenvalue weighted by molar-refractivity contribution is -0.111. The van der Waals surface area contributed by atoms with Crippen molar-refractivity contribution in [1.29, 1.82) is 0 Å². The minimum Gasteiger partial charge on any atom is -0.350 e. The normalized spacial score (nSPS) is 14.3. The number of benzene rings is 3. The van der Waals surface area contributed by atoms with E-state index in [-0.39, 0.29) is 17.9 Å². The molecule has 1 aliphatic heterocycles. The first-order valence-corrected chi connectivity index (χ1v) is 16.0. The van der Waals surface area contributed by atoms with Crippen molar-refractivity contribution in [1.82, 2.24) is 24.5 Å². The van der Waals surface area contributed by atoms with Crippen LogP contribution in [-0.2, 0) is 11.3 Å². The standard InChI is InChI=1S/C36H43N9O/c1-24(2)31-23-39-45-34(31)41-36(44-20-17-26(37)18-21-44)42-35(45)38-22-25-10-5-6-11-27(25)28-12-7-14-30-29(28)13-8-15-32(30)40-33(46)16-9-19-43(3)4/h5-16,23-24,26H,17-22,37H2,1-4H3,(H,40,46)(H,38,41,42)/b16-9+. The number of carbonyl (C=O) groups excluding carboxylic acids is 1. The summed E-state index contributed by atoms with van der Waals surface area (Å²) in [6.45, 7) is 7.22. The van der Waals surface area contributed by atoms with Crippen molar-refractivity contribution in [3.8, 4) is 11.1 Å². The van der Waals surface area contributed by atoms with Gasteiger partial charge in [0.1, 0.15) is 0 Å². The minimum absolute atomic E-state index is 0.147. The van der Waals surface area contributed by atoms with Crippen LogP contribution in [0.15, 0.2) is 79.0 Å². The summed E-state index contributed by atoms with van der Waals surface area (Å²) in [5.41, 5.74) is 12.2. The fourth-order valence-electron chi connectivity index (χ4n) is 5.96. The zero-order valence-electron chi connectivity index (χ0n) is 27.1. The Balaban J connectivity index is 1.31. The Morgan fingerprint density at radius 3 is 2.52 bits per heavy atom. The number of nitrogens with two attached hydrogens (primary N) is 1. The third-order valence-corrected chi connectivity index (χ3v) is 8.49. The SMILES string of the molecule is CC(C)c1cnn2c(NCc3ccccc3-c3cccc4c(NC(=O)/C=C/CN(C)C)cccc34)nc(N3CCC(N)CC3)nc12.